The van der Waals surface area contributed by atoms with Gasteiger partial charge >= 0.3 is 5.97 Å². The van der Waals surface area contributed by atoms with Gasteiger partial charge in [-0.25, -0.2) is 4.79 Å². The Hall–Kier alpha value is -0.360. The summed E-state index contributed by atoms with van der Waals surface area (Å²) in [4.78, 5) is 23.0. The summed E-state index contributed by atoms with van der Waals surface area (Å²) in [6.07, 6.45) is 0. The first-order valence-corrected chi connectivity index (χ1v) is 5.16. The number of carboxylic acids is 1. The average Bonchev–Trinajstić information content (AvgIpc) is 2.50. The second-order valence-corrected chi connectivity index (χ2v) is 3.69. The number of carboxylic acid groups (broad SMARTS) is 1. The van der Waals surface area contributed by atoms with Crippen LogP contribution in [-0.2, 0) is 9.59 Å². The van der Waals surface area contributed by atoms with Gasteiger partial charge in [-0.05, 0) is 0 Å². The molecule has 1 amide bonds. The lowest BCUT2D eigenvalue weighted by Gasteiger charge is -2.18. The lowest BCUT2D eigenvalue weighted by Crippen LogP contribution is -2.42. The van der Waals surface area contributed by atoms with E-state index in [2.05, 4.69) is 12.6 Å². The van der Waals surface area contributed by atoms with Crippen molar-refractivity contribution in [1.29, 1.82) is 0 Å². The predicted octanol–water partition coefficient (Wildman–Crippen LogP) is -0.0977. The molecule has 0 aromatic rings. The summed E-state index contributed by atoms with van der Waals surface area (Å²) in [7, 11) is 0. The number of hydrogen-bond donors (Lipinski definition) is 2. The third kappa shape index (κ3) is 1.87. The van der Waals surface area contributed by atoms with Crippen LogP contribution < -0.4 is 0 Å². The van der Waals surface area contributed by atoms with Gasteiger partial charge in [0.05, 0.1) is 11.6 Å². The minimum atomic E-state index is -0.935. The van der Waals surface area contributed by atoms with Crippen molar-refractivity contribution in [3.8, 4) is 0 Å². The maximum Gasteiger partial charge on any atom is 0.327 e. The lowest BCUT2D eigenvalue weighted by atomic mass is 10.3. The third-order valence-electron chi connectivity index (χ3n) is 1.62. The van der Waals surface area contributed by atoms with Gasteiger partial charge in [-0.3, -0.25) is 4.79 Å². The molecule has 1 rings (SSSR count). The van der Waals surface area contributed by atoms with Crippen molar-refractivity contribution < 1.29 is 14.7 Å². The molecule has 0 aromatic heterocycles. The monoisotopic (exact) mass is 207 g/mol. The van der Waals surface area contributed by atoms with Gasteiger partial charge in [0.1, 0.15) is 6.04 Å². The SMILES string of the molecule is O=C(O)[C@@H]1CSCN1C(=O)CS. The fraction of sp³-hybridized carbons (Fsp3) is 0.667. The number of carbonyl (C=O) groups is 2. The number of thioether (sulfide) groups is 1. The van der Waals surface area contributed by atoms with E-state index >= 15 is 0 Å². The minimum Gasteiger partial charge on any atom is -0.480 e. The molecular weight excluding hydrogens is 198 g/mol. The van der Waals surface area contributed by atoms with Crippen LogP contribution in [0.5, 0.6) is 0 Å². The van der Waals surface area contributed by atoms with Crippen molar-refractivity contribution in [2.45, 2.75) is 6.04 Å². The number of hydrogen-bond acceptors (Lipinski definition) is 4. The van der Waals surface area contributed by atoms with Gasteiger partial charge in [-0.2, -0.15) is 12.6 Å². The van der Waals surface area contributed by atoms with E-state index in [1.54, 1.807) is 0 Å². The van der Waals surface area contributed by atoms with Crippen molar-refractivity contribution in [2.24, 2.45) is 0 Å². The molecule has 1 aliphatic rings. The van der Waals surface area contributed by atoms with Crippen molar-refractivity contribution >= 4 is 36.3 Å². The molecule has 0 unspecified atom stereocenters. The van der Waals surface area contributed by atoms with Gasteiger partial charge < -0.3 is 10.0 Å². The zero-order valence-electron chi connectivity index (χ0n) is 6.27. The van der Waals surface area contributed by atoms with Crippen LogP contribution in [0.25, 0.3) is 0 Å². The summed E-state index contributed by atoms with van der Waals surface area (Å²) in [6.45, 7) is 0. The first-order valence-electron chi connectivity index (χ1n) is 3.37. The van der Waals surface area contributed by atoms with E-state index < -0.39 is 12.0 Å². The quantitative estimate of drug-likeness (QED) is 0.621. The highest BCUT2D eigenvalue weighted by Gasteiger charge is 2.33. The number of amides is 1. The highest BCUT2D eigenvalue weighted by molar-refractivity contribution is 7.99. The number of rotatable bonds is 2. The predicted molar refractivity (Wildman–Crippen MR) is 49.4 cm³/mol. The lowest BCUT2D eigenvalue weighted by molar-refractivity contribution is -0.146. The smallest absolute Gasteiger partial charge is 0.327 e. The number of aliphatic carboxylic acids is 1. The molecule has 0 radical (unpaired) electrons. The molecule has 1 fully saturated rings. The summed E-state index contributed by atoms with van der Waals surface area (Å²) in [5.41, 5.74) is 0. The number of nitrogens with zero attached hydrogens (tertiary/aromatic N) is 1. The van der Waals surface area contributed by atoms with Crippen LogP contribution in [0, 0.1) is 0 Å². The molecule has 1 aliphatic heterocycles. The Bertz CT molecular complexity index is 209. The normalized spacial score (nSPS) is 22.8. The summed E-state index contributed by atoms with van der Waals surface area (Å²) < 4.78 is 0. The zero-order valence-corrected chi connectivity index (χ0v) is 7.98. The van der Waals surface area contributed by atoms with Crippen LogP contribution in [0.1, 0.15) is 0 Å². The van der Waals surface area contributed by atoms with E-state index in [1.807, 2.05) is 0 Å². The molecule has 0 aromatic carbocycles. The van der Waals surface area contributed by atoms with Crippen molar-refractivity contribution in [3.05, 3.63) is 0 Å². The van der Waals surface area contributed by atoms with Crippen molar-refractivity contribution in [2.75, 3.05) is 17.4 Å². The van der Waals surface area contributed by atoms with Crippen LogP contribution in [0.2, 0.25) is 0 Å². The number of carbonyl (C=O) groups excluding carboxylic acids is 1. The Morgan fingerprint density at radius 3 is 2.83 bits per heavy atom. The molecule has 68 valence electrons. The minimum absolute atomic E-state index is 0.0737. The Morgan fingerprint density at radius 1 is 1.67 bits per heavy atom. The Morgan fingerprint density at radius 2 is 2.33 bits per heavy atom. The Labute approximate surface area is 79.7 Å². The molecule has 0 saturated carbocycles. The third-order valence-corrected chi connectivity index (χ3v) is 2.91. The summed E-state index contributed by atoms with van der Waals surface area (Å²) in [6, 6.07) is -0.658. The molecule has 1 saturated heterocycles. The standard InChI is InChI=1S/C6H9NO3S2/c8-5(1-11)7-3-12-2-4(7)6(9)10/h4,11H,1-3H2,(H,9,10)/t4-/m0/s1. The van der Waals surface area contributed by atoms with Gasteiger partial charge in [0, 0.05) is 5.75 Å². The molecule has 4 nitrogen and oxygen atoms in total. The van der Waals surface area contributed by atoms with Crippen LogP contribution in [0.15, 0.2) is 0 Å². The van der Waals surface area contributed by atoms with Gasteiger partial charge in [-0.15, -0.1) is 11.8 Å². The summed E-state index contributed by atoms with van der Waals surface area (Å²) in [5.74, 6) is -0.124. The van der Waals surface area contributed by atoms with E-state index in [1.165, 1.54) is 16.7 Å². The molecular formula is C6H9NO3S2. The molecule has 1 heterocycles. The second-order valence-electron chi connectivity index (χ2n) is 2.38. The van der Waals surface area contributed by atoms with Crippen LogP contribution >= 0.6 is 24.4 Å². The maximum atomic E-state index is 11.1. The Balaban J connectivity index is 2.63. The second kappa shape index (κ2) is 4.04. The van der Waals surface area contributed by atoms with Gasteiger partial charge in [-0.1, -0.05) is 0 Å². The highest BCUT2D eigenvalue weighted by Crippen LogP contribution is 2.21. The Kier molecular flexibility index (Phi) is 3.28. The van der Waals surface area contributed by atoms with Crippen LogP contribution in [0.4, 0.5) is 0 Å². The molecule has 1 atom stereocenters. The van der Waals surface area contributed by atoms with Gasteiger partial charge in [0.2, 0.25) is 5.91 Å². The van der Waals surface area contributed by atoms with E-state index in [-0.39, 0.29) is 11.7 Å². The van der Waals surface area contributed by atoms with Gasteiger partial charge in [0.15, 0.2) is 0 Å². The van der Waals surface area contributed by atoms with Crippen molar-refractivity contribution in [3.63, 3.8) is 0 Å². The van der Waals surface area contributed by atoms with E-state index in [9.17, 15) is 9.59 Å². The molecule has 6 heteroatoms. The van der Waals surface area contributed by atoms with Gasteiger partial charge in [0.25, 0.3) is 0 Å². The van der Waals surface area contributed by atoms with Crippen LogP contribution in [-0.4, -0.2) is 45.3 Å². The summed E-state index contributed by atoms with van der Waals surface area (Å²) >= 11 is 5.26. The van der Waals surface area contributed by atoms with Crippen LogP contribution in [0.3, 0.4) is 0 Å². The first-order chi connectivity index (χ1) is 5.66. The van der Waals surface area contributed by atoms with Crippen molar-refractivity contribution in [1.82, 2.24) is 4.90 Å². The zero-order chi connectivity index (χ0) is 9.14. The van der Waals surface area contributed by atoms with E-state index in [4.69, 9.17) is 5.11 Å². The molecule has 0 aliphatic carbocycles. The summed E-state index contributed by atoms with van der Waals surface area (Å²) in [5, 5.41) is 8.70. The molecule has 1 N–H and O–H groups in total. The molecule has 0 bridgehead atoms. The fourth-order valence-corrected chi connectivity index (χ4v) is 2.34. The maximum absolute atomic E-state index is 11.1. The largest absolute Gasteiger partial charge is 0.480 e. The van der Waals surface area contributed by atoms with E-state index in [0.29, 0.717) is 11.6 Å². The van der Waals surface area contributed by atoms with E-state index in [0.717, 1.165) is 0 Å². The molecule has 0 spiro atoms. The molecule has 12 heavy (non-hydrogen) atoms. The average molecular weight is 207 g/mol. The fourth-order valence-electron chi connectivity index (χ4n) is 0.984. The first kappa shape index (κ1) is 9.73. The number of thiol groups is 1. The topological polar surface area (TPSA) is 57.6 Å². The highest BCUT2D eigenvalue weighted by atomic mass is 32.2.